The van der Waals surface area contributed by atoms with E-state index in [0.717, 1.165) is 50.7 Å². The summed E-state index contributed by atoms with van der Waals surface area (Å²) in [7, 11) is 1.95. The number of rotatable bonds is 7. The number of aromatic nitrogens is 2. The minimum absolute atomic E-state index is 0.499. The van der Waals surface area contributed by atoms with Crippen molar-refractivity contribution in [3.05, 3.63) is 53.3 Å². The lowest BCUT2D eigenvalue weighted by molar-refractivity contribution is 0.174. The van der Waals surface area contributed by atoms with Gasteiger partial charge in [0.2, 0.25) is 0 Å². The Balaban J connectivity index is 1.59. The van der Waals surface area contributed by atoms with E-state index >= 15 is 0 Å². The minimum atomic E-state index is 0.499. The van der Waals surface area contributed by atoms with Gasteiger partial charge in [0.15, 0.2) is 5.96 Å². The van der Waals surface area contributed by atoms with Crippen molar-refractivity contribution in [2.24, 2.45) is 12.0 Å². The summed E-state index contributed by atoms with van der Waals surface area (Å²) < 4.78 is 1.87. The summed E-state index contributed by atoms with van der Waals surface area (Å²) in [5.74, 6) is 0.870. The molecule has 1 aliphatic rings. The van der Waals surface area contributed by atoms with Crippen LogP contribution in [0, 0.1) is 0 Å². The molecule has 0 radical (unpaired) electrons. The molecule has 1 aromatic carbocycles. The lowest BCUT2D eigenvalue weighted by Gasteiger charge is -2.35. The Morgan fingerprint density at radius 3 is 2.70 bits per heavy atom. The van der Waals surface area contributed by atoms with E-state index in [1.807, 2.05) is 24.0 Å². The quantitative estimate of drug-likeness (QED) is 0.582. The van der Waals surface area contributed by atoms with E-state index < -0.39 is 0 Å². The molecule has 1 atom stereocenters. The number of hydrogen-bond acceptors (Lipinski definition) is 3. The van der Waals surface area contributed by atoms with Gasteiger partial charge in [-0.2, -0.15) is 5.10 Å². The van der Waals surface area contributed by atoms with Gasteiger partial charge in [0.1, 0.15) is 0 Å². The Kier molecular flexibility index (Phi) is 6.87. The third-order valence-electron chi connectivity index (χ3n) is 5.32. The molecule has 0 fully saturated rings. The van der Waals surface area contributed by atoms with E-state index in [-0.39, 0.29) is 0 Å². The second-order valence-electron chi connectivity index (χ2n) is 7.07. The molecule has 2 N–H and O–H groups in total. The molecule has 3 rings (SSSR count). The van der Waals surface area contributed by atoms with Crippen molar-refractivity contribution in [2.45, 2.75) is 45.8 Å². The summed E-state index contributed by atoms with van der Waals surface area (Å²) in [6.07, 6.45) is 4.07. The van der Waals surface area contributed by atoms with Gasteiger partial charge in [-0.05, 0) is 37.0 Å². The summed E-state index contributed by atoms with van der Waals surface area (Å²) in [4.78, 5) is 7.32. The summed E-state index contributed by atoms with van der Waals surface area (Å²) in [5.41, 5.74) is 4.08. The predicted octanol–water partition coefficient (Wildman–Crippen LogP) is 2.31. The third-order valence-corrected chi connectivity index (χ3v) is 5.32. The van der Waals surface area contributed by atoms with E-state index in [9.17, 15) is 0 Å². The number of aliphatic imine (C=N–C) groups is 1. The molecule has 0 saturated carbocycles. The first-order valence-corrected chi connectivity index (χ1v) is 10.0. The number of fused-ring (bicyclic) bond motifs is 1. The smallest absolute Gasteiger partial charge is 0.191 e. The predicted molar refractivity (Wildman–Crippen MR) is 111 cm³/mol. The molecule has 1 aromatic heterocycles. The Labute approximate surface area is 162 Å². The number of nitrogens with one attached hydrogen (secondary N) is 2. The maximum atomic E-state index is 4.72. The van der Waals surface area contributed by atoms with E-state index in [1.165, 1.54) is 11.1 Å². The van der Waals surface area contributed by atoms with Crippen LogP contribution in [0.3, 0.4) is 0 Å². The average molecular weight is 369 g/mol. The van der Waals surface area contributed by atoms with E-state index in [1.54, 1.807) is 0 Å². The van der Waals surface area contributed by atoms with Gasteiger partial charge >= 0.3 is 0 Å². The van der Waals surface area contributed by atoms with Crippen LogP contribution in [-0.4, -0.2) is 46.3 Å². The number of guanidine groups is 1. The van der Waals surface area contributed by atoms with Crippen molar-refractivity contribution >= 4 is 5.96 Å². The minimum Gasteiger partial charge on any atom is -0.357 e. The fourth-order valence-corrected chi connectivity index (χ4v) is 3.63. The maximum Gasteiger partial charge on any atom is 0.191 e. The molecule has 2 aromatic rings. The molecule has 1 aliphatic heterocycles. The van der Waals surface area contributed by atoms with Gasteiger partial charge in [0.25, 0.3) is 0 Å². The second kappa shape index (κ2) is 9.55. The molecule has 0 bridgehead atoms. The molecule has 6 nitrogen and oxygen atoms in total. The van der Waals surface area contributed by atoms with Gasteiger partial charge in [-0.1, -0.05) is 31.2 Å². The van der Waals surface area contributed by atoms with Crippen LogP contribution in [0.5, 0.6) is 0 Å². The maximum absolute atomic E-state index is 4.72. The Morgan fingerprint density at radius 2 is 2.00 bits per heavy atom. The molecule has 2 heterocycles. The van der Waals surface area contributed by atoms with Gasteiger partial charge < -0.3 is 10.6 Å². The highest BCUT2D eigenvalue weighted by molar-refractivity contribution is 5.79. The molecular weight excluding hydrogens is 336 g/mol. The van der Waals surface area contributed by atoms with Crippen molar-refractivity contribution < 1.29 is 0 Å². The van der Waals surface area contributed by atoms with Crippen LogP contribution in [0.4, 0.5) is 0 Å². The SMILES string of the molecule is CCNC(=NCc1ccnn1C)NCC(CC)N1CCc2ccccc2C1. The van der Waals surface area contributed by atoms with Crippen molar-refractivity contribution in [1.82, 2.24) is 25.3 Å². The number of hydrogen-bond donors (Lipinski definition) is 2. The Hall–Kier alpha value is -2.34. The molecule has 146 valence electrons. The number of aryl methyl sites for hydroxylation is 1. The molecule has 0 saturated heterocycles. The molecular formula is C21H32N6. The second-order valence-corrected chi connectivity index (χ2v) is 7.07. The first kappa shape index (κ1) is 19.4. The Bertz CT molecular complexity index is 751. The zero-order valence-electron chi connectivity index (χ0n) is 16.8. The molecule has 0 amide bonds. The van der Waals surface area contributed by atoms with Crippen LogP contribution in [-0.2, 0) is 26.6 Å². The van der Waals surface area contributed by atoms with Gasteiger partial charge in [-0.3, -0.25) is 9.58 Å². The van der Waals surface area contributed by atoms with Crippen molar-refractivity contribution in [3.63, 3.8) is 0 Å². The van der Waals surface area contributed by atoms with Crippen LogP contribution in [0.1, 0.15) is 37.1 Å². The van der Waals surface area contributed by atoms with Gasteiger partial charge in [0.05, 0.1) is 12.2 Å². The first-order valence-electron chi connectivity index (χ1n) is 10.0. The van der Waals surface area contributed by atoms with Crippen LogP contribution in [0.2, 0.25) is 0 Å². The fraction of sp³-hybridized carbons (Fsp3) is 0.524. The summed E-state index contributed by atoms with van der Waals surface area (Å²) in [5, 5.41) is 11.1. The standard InChI is InChI=1S/C21H32N6/c1-4-19(27-13-11-17-8-6-7-9-18(17)16-27)14-23-21(22-5-2)24-15-20-10-12-25-26(20)3/h6-10,12,19H,4-5,11,13-16H2,1-3H3,(H2,22,23,24). The normalized spacial score (nSPS) is 16.0. The Morgan fingerprint density at radius 1 is 1.19 bits per heavy atom. The van der Waals surface area contributed by atoms with Crippen molar-refractivity contribution in [2.75, 3.05) is 19.6 Å². The zero-order valence-corrected chi connectivity index (χ0v) is 16.8. The van der Waals surface area contributed by atoms with Crippen LogP contribution in [0.25, 0.3) is 0 Å². The van der Waals surface area contributed by atoms with Crippen molar-refractivity contribution in [3.8, 4) is 0 Å². The first-order chi connectivity index (χ1) is 13.2. The van der Waals surface area contributed by atoms with Gasteiger partial charge in [0, 0.05) is 45.5 Å². The highest BCUT2D eigenvalue weighted by Gasteiger charge is 2.22. The topological polar surface area (TPSA) is 57.5 Å². The third kappa shape index (κ3) is 5.10. The largest absolute Gasteiger partial charge is 0.357 e. The molecule has 0 spiro atoms. The summed E-state index contributed by atoms with van der Waals surface area (Å²) >= 11 is 0. The molecule has 1 unspecified atom stereocenters. The van der Waals surface area contributed by atoms with E-state index in [4.69, 9.17) is 4.99 Å². The zero-order chi connectivity index (χ0) is 19.1. The molecule has 27 heavy (non-hydrogen) atoms. The molecule has 6 heteroatoms. The number of nitrogens with zero attached hydrogens (tertiary/aromatic N) is 4. The van der Waals surface area contributed by atoms with Gasteiger partial charge in [-0.15, -0.1) is 0 Å². The van der Waals surface area contributed by atoms with E-state index in [0.29, 0.717) is 12.6 Å². The monoisotopic (exact) mass is 368 g/mol. The van der Waals surface area contributed by atoms with Crippen LogP contribution >= 0.6 is 0 Å². The lowest BCUT2D eigenvalue weighted by Crippen LogP contribution is -2.48. The van der Waals surface area contributed by atoms with E-state index in [2.05, 4.69) is 58.7 Å². The highest BCUT2D eigenvalue weighted by atomic mass is 15.3. The van der Waals surface area contributed by atoms with Crippen molar-refractivity contribution in [1.29, 1.82) is 0 Å². The summed E-state index contributed by atoms with van der Waals surface area (Å²) in [6, 6.07) is 11.3. The van der Waals surface area contributed by atoms with Crippen LogP contribution in [0.15, 0.2) is 41.5 Å². The van der Waals surface area contributed by atoms with Gasteiger partial charge in [-0.25, -0.2) is 4.99 Å². The lowest BCUT2D eigenvalue weighted by atomic mass is 9.98. The molecule has 0 aliphatic carbocycles. The summed E-state index contributed by atoms with van der Waals surface area (Å²) in [6.45, 7) is 8.91. The van der Waals surface area contributed by atoms with Crippen LogP contribution < -0.4 is 10.6 Å². The average Bonchev–Trinajstić information content (AvgIpc) is 3.11. The fourth-order valence-electron chi connectivity index (χ4n) is 3.63. The highest BCUT2D eigenvalue weighted by Crippen LogP contribution is 2.21. The number of benzene rings is 1.